The SMILES string of the molecule is CC.CC.CCC(=O)C[C@@H]1N=C(c2ccccc2)c2ccsc2-n2c(C)nnc21. The van der Waals surface area contributed by atoms with Crippen LogP contribution in [-0.2, 0) is 4.79 Å². The Morgan fingerprint density at radius 3 is 2.41 bits per heavy atom. The van der Waals surface area contributed by atoms with Crippen molar-refractivity contribution in [2.45, 2.75) is 60.4 Å². The van der Waals surface area contributed by atoms with Crippen LogP contribution in [0.5, 0.6) is 0 Å². The average molecular weight is 411 g/mol. The van der Waals surface area contributed by atoms with Crippen LogP contribution in [0.3, 0.4) is 0 Å². The van der Waals surface area contributed by atoms with Crippen molar-refractivity contribution >= 4 is 22.8 Å². The zero-order chi connectivity index (χ0) is 21.4. The first-order valence-corrected chi connectivity index (χ1v) is 11.2. The lowest BCUT2D eigenvalue weighted by Crippen LogP contribution is -2.10. The van der Waals surface area contributed by atoms with E-state index in [4.69, 9.17) is 4.99 Å². The van der Waals surface area contributed by atoms with Gasteiger partial charge in [0, 0.05) is 24.0 Å². The van der Waals surface area contributed by atoms with Crippen molar-refractivity contribution in [2.24, 2.45) is 4.99 Å². The van der Waals surface area contributed by atoms with Gasteiger partial charge in [-0.3, -0.25) is 14.4 Å². The van der Waals surface area contributed by atoms with E-state index >= 15 is 0 Å². The van der Waals surface area contributed by atoms with E-state index in [2.05, 4.69) is 33.8 Å². The molecule has 29 heavy (non-hydrogen) atoms. The largest absolute Gasteiger partial charge is 0.300 e. The predicted octanol–water partition coefficient (Wildman–Crippen LogP) is 5.95. The molecule has 4 rings (SSSR count). The molecule has 6 heteroatoms. The summed E-state index contributed by atoms with van der Waals surface area (Å²) in [5, 5.41) is 11.7. The van der Waals surface area contributed by atoms with E-state index in [1.807, 2.05) is 64.3 Å². The number of ketones is 1. The summed E-state index contributed by atoms with van der Waals surface area (Å²) in [7, 11) is 0. The maximum Gasteiger partial charge on any atom is 0.163 e. The molecule has 3 aromatic rings. The van der Waals surface area contributed by atoms with Crippen LogP contribution in [0.25, 0.3) is 5.00 Å². The second-order valence-corrected chi connectivity index (χ2v) is 6.93. The van der Waals surface area contributed by atoms with Gasteiger partial charge in [-0.25, -0.2) is 0 Å². The number of Topliss-reactive ketones (excluding diaryl/α,β-unsaturated/α-hetero) is 1. The highest BCUT2D eigenvalue weighted by Crippen LogP contribution is 2.35. The Bertz CT molecular complexity index is 956. The molecule has 0 spiro atoms. The van der Waals surface area contributed by atoms with Gasteiger partial charge in [0.05, 0.1) is 5.71 Å². The van der Waals surface area contributed by atoms with E-state index < -0.39 is 0 Å². The third-order valence-corrected chi connectivity index (χ3v) is 5.30. The molecule has 1 aliphatic heterocycles. The molecular formula is C23H30N4OS. The normalized spacial score (nSPS) is 14.1. The van der Waals surface area contributed by atoms with Crippen LogP contribution in [0.1, 0.15) is 76.3 Å². The molecule has 0 N–H and O–H groups in total. The lowest BCUT2D eigenvalue weighted by molar-refractivity contribution is -0.119. The molecule has 0 fully saturated rings. The first kappa shape index (κ1) is 22.7. The average Bonchev–Trinajstić information content (AvgIpc) is 3.38. The second-order valence-electron chi connectivity index (χ2n) is 6.04. The van der Waals surface area contributed by atoms with Crippen molar-refractivity contribution in [3.63, 3.8) is 0 Å². The van der Waals surface area contributed by atoms with Crippen LogP contribution >= 0.6 is 11.3 Å². The van der Waals surface area contributed by atoms with E-state index in [1.54, 1.807) is 11.3 Å². The van der Waals surface area contributed by atoms with Gasteiger partial charge in [-0.2, -0.15) is 0 Å². The number of aromatic nitrogens is 3. The molecule has 0 saturated heterocycles. The Morgan fingerprint density at radius 2 is 1.76 bits per heavy atom. The quantitative estimate of drug-likeness (QED) is 0.534. The monoisotopic (exact) mass is 410 g/mol. The number of thiophene rings is 1. The van der Waals surface area contributed by atoms with Gasteiger partial charge in [0.15, 0.2) is 5.82 Å². The predicted molar refractivity (Wildman–Crippen MR) is 121 cm³/mol. The Kier molecular flexibility index (Phi) is 8.46. The number of hydrogen-bond donors (Lipinski definition) is 0. The van der Waals surface area contributed by atoms with E-state index in [-0.39, 0.29) is 11.8 Å². The lowest BCUT2D eigenvalue weighted by atomic mass is 10.0. The summed E-state index contributed by atoms with van der Waals surface area (Å²) in [4.78, 5) is 17.1. The fraction of sp³-hybridized carbons (Fsp3) is 0.391. The number of aliphatic imine (C=N–C) groups is 1. The Hall–Kier alpha value is -2.60. The number of carbonyl (C=O) groups is 1. The van der Waals surface area contributed by atoms with Crippen LogP contribution in [0.15, 0.2) is 46.8 Å². The summed E-state index contributed by atoms with van der Waals surface area (Å²) in [5.41, 5.74) is 3.02. The Balaban J connectivity index is 0.000000707. The molecule has 154 valence electrons. The summed E-state index contributed by atoms with van der Waals surface area (Å²) >= 11 is 1.64. The van der Waals surface area contributed by atoms with E-state index in [0.29, 0.717) is 12.8 Å². The van der Waals surface area contributed by atoms with E-state index in [1.165, 1.54) is 0 Å². The third-order valence-electron chi connectivity index (χ3n) is 4.40. The van der Waals surface area contributed by atoms with Crippen molar-refractivity contribution in [3.05, 3.63) is 64.6 Å². The summed E-state index contributed by atoms with van der Waals surface area (Å²) in [6, 6.07) is 11.9. The highest BCUT2D eigenvalue weighted by atomic mass is 32.1. The second kappa shape index (κ2) is 10.8. The van der Waals surface area contributed by atoms with Gasteiger partial charge in [0.25, 0.3) is 0 Å². The Morgan fingerprint density at radius 1 is 1.07 bits per heavy atom. The number of aryl methyl sites for hydroxylation is 1. The van der Waals surface area contributed by atoms with Crippen molar-refractivity contribution < 1.29 is 4.79 Å². The van der Waals surface area contributed by atoms with Crippen LogP contribution in [-0.4, -0.2) is 26.3 Å². The first-order valence-electron chi connectivity index (χ1n) is 10.3. The minimum absolute atomic E-state index is 0.179. The molecule has 5 nitrogen and oxygen atoms in total. The molecule has 0 radical (unpaired) electrons. The molecule has 3 heterocycles. The maximum atomic E-state index is 12.1. The van der Waals surface area contributed by atoms with Gasteiger partial charge < -0.3 is 0 Å². The van der Waals surface area contributed by atoms with Crippen molar-refractivity contribution in [1.29, 1.82) is 0 Å². The van der Waals surface area contributed by atoms with E-state index in [0.717, 1.165) is 33.5 Å². The molecular weight excluding hydrogens is 380 g/mol. The highest BCUT2D eigenvalue weighted by molar-refractivity contribution is 7.13. The third kappa shape index (κ3) is 4.70. The molecule has 0 bridgehead atoms. The standard InChI is InChI=1S/C19H18N4OS.2C2H6/c1-3-14(24)11-16-18-22-21-12(2)23(18)19-15(9-10-25-19)17(20-16)13-7-5-4-6-8-13;2*1-2/h4-10,16H,3,11H2,1-2H3;2*1-2H3/t16-;;/m0../s1. The number of hydrogen-bond acceptors (Lipinski definition) is 5. The van der Waals surface area contributed by atoms with Crippen molar-refractivity contribution in [3.8, 4) is 5.00 Å². The number of rotatable bonds is 4. The zero-order valence-corrected chi connectivity index (χ0v) is 19.0. The molecule has 0 amide bonds. The lowest BCUT2D eigenvalue weighted by Gasteiger charge is -2.11. The van der Waals surface area contributed by atoms with Gasteiger partial charge in [-0.05, 0) is 18.4 Å². The van der Waals surface area contributed by atoms with Gasteiger partial charge in [0.1, 0.15) is 22.7 Å². The maximum absolute atomic E-state index is 12.1. The smallest absolute Gasteiger partial charge is 0.163 e. The molecule has 1 aliphatic rings. The minimum Gasteiger partial charge on any atom is -0.300 e. The first-order chi connectivity index (χ1) is 14.2. The van der Waals surface area contributed by atoms with Crippen LogP contribution < -0.4 is 0 Å². The molecule has 0 aliphatic carbocycles. The van der Waals surface area contributed by atoms with Gasteiger partial charge in [-0.15, -0.1) is 21.5 Å². The number of nitrogens with zero attached hydrogens (tertiary/aromatic N) is 4. The van der Waals surface area contributed by atoms with Gasteiger partial charge in [0.2, 0.25) is 0 Å². The Labute approximate surface area is 177 Å². The topological polar surface area (TPSA) is 60.1 Å². The van der Waals surface area contributed by atoms with Crippen LogP contribution in [0, 0.1) is 6.92 Å². The molecule has 1 atom stereocenters. The van der Waals surface area contributed by atoms with Gasteiger partial charge in [-0.1, -0.05) is 65.0 Å². The molecule has 1 aromatic carbocycles. The zero-order valence-electron chi connectivity index (χ0n) is 18.1. The summed E-state index contributed by atoms with van der Waals surface area (Å²) in [6.07, 6.45) is 0.849. The number of fused-ring (bicyclic) bond motifs is 3. The van der Waals surface area contributed by atoms with E-state index in [9.17, 15) is 4.79 Å². The van der Waals surface area contributed by atoms with Crippen LogP contribution in [0.4, 0.5) is 0 Å². The summed E-state index contributed by atoms with van der Waals surface area (Å²) in [5.74, 6) is 1.74. The fourth-order valence-electron chi connectivity index (χ4n) is 3.11. The molecule has 2 aromatic heterocycles. The summed E-state index contributed by atoms with van der Waals surface area (Å²) in [6.45, 7) is 11.8. The summed E-state index contributed by atoms with van der Waals surface area (Å²) < 4.78 is 2.05. The number of carbonyl (C=O) groups excluding carboxylic acids is 1. The molecule has 0 unspecified atom stereocenters. The van der Waals surface area contributed by atoms with Gasteiger partial charge >= 0.3 is 0 Å². The van der Waals surface area contributed by atoms with Crippen LogP contribution in [0.2, 0.25) is 0 Å². The van der Waals surface area contributed by atoms with Crippen molar-refractivity contribution in [1.82, 2.24) is 14.8 Å². The number of benzene rings is 1. The fourth-order valence-corrected chi connectivity index (χ4v) is 4.06. The van der Waals surface area contributed by atoms with Crippen molar-refractivity contribution in [2.75, 3.05) is 0 Å². The molecule has 0 saturated carbocycles. The minimum atomic E-state index is -0.316. The highest BCUT2D eigenvalue weighted by Gasteiger charge is 2.29.